The lowest BCUT2D eigenvalue weighted by Gasteiger charge is -2.27. The van der Waals surface area contributed by atoms with Crippen molar-refractivity contribution in [3.05, 3.63) is 95.0 Å². The number of nitrogens with zero attached hydrogens (tertiary/aromatic N) is 4. The van der Waals surface area contributed by atoms with E-state index in [9.17, 15) is 9.00 Å². The van der Waals surface area contributed by atoms with E-state index >= 15 is 0 Å². The van der Waals surface area contributed by atoms with Crippen LogP contribution in [0.2, 0.25) is 0 Å². The van der Waals surface area contributed by atoms with Crippen molar-refractivity contribution in [3.63, 3.8) is 0 Å². The quantitative estimate of drug-likeness (QED) is 0.137. The maximum absolute atomic E-state index is 11.3. The Morgan fingerprint density at radius 1 is 1.11 bits per heavy atom. The van der Waals surface area contributed by atoms with Gasteiger partial charge in [0.1, 0.15) is 0 Å². The summed E-state index contributed by atoms with van der Waals surface area (Å²) >= 11 is 0. The van der Waals surface area contributed by atoms with Gasteiger partial charge >= 0.3 is 0 Å². The number of hydrogen-bond acceptors (Lipinski definition) is 6. The van der Waals surface area contributed by atoms with Crippen molar-refractivity contribution in [2.24, 2.45) is 10.7 Å². The number of aryl methyl sites for hydroxylation is 2. The fraction of sp³-hybridized carbons (Fsp3) is 0.500. The number of carbonyl (C=O) groups is 1. The molecule has 47 heavy (non-hydrogen) atoms. The molecule has 1 heterocycles. The molecule has 2 aromatic carbocycles. The zero-order chi connectivity index (χ0) is 34.2. The topological polar surface area (TPSA) is 94.3 Å². The zero-order valence-electron chi connectivity index (χ0n) is 29.3. The average Bonchev–Trinajstić information content (AvgIpc) is 3.05. The van der Waals surface area contributed by atoms with Crippen LogP contribution in [0, 0.1) is 6.92 Å². The average molecular weight is 669 g/mol. The number of carbonyl (C=O) groups excluding carboxylic acids is 1. The third-order valence-electron chi connectivity index (χ3n) is 7.32. The molecule has 2 aromatic rings. The highest BCUT2D eigenvalue weighted by Crippen LogP contribution is 2.18. The molecule has 3 N–H and O–H groups in total. The van der Waals surface area contributed by atoms with Gasteiger partial charge in [-0.3, -0.25) is 14.0 Å². The SMILES string of the molecule is C.C/C=C(/Cc1ccc(C)cc1CCC)N=CCC.C=S(C)(=O)N1CCNCC1.CN(/C=C\N)CCCN(C=O)Cc1ccccc1. The molecule has 8 nitrogen and oxygen atoms in total. The number of amides is 1. The van der Waals surface area contributed by atoms with Crippen molar-refractivity contribution >= 4 is 28.2 Å². The second kappa shape index (κ2) is 25.7. The first-order valence-electron chi connectivity index (χ1n) is 16.4. The summed E-state index contributed by atoms with van der Waals surface area (Å²) in [6, 6.07) is 16.8. The van der Waals surface area contributed by atoms with E-state index < -0.39 is 9.71 Å². The van der Waals surface area contributed by atoms with E-state index in [0.717, 1.165) is 82.6 Å². The summed E-state index contributed by atoms with van der Waals surface area (Å²) in [5.74, 6) is 3.62. The van der Waals surface area contributed by atoms with Crippen LogP contribution < -0.4 is 11.1 Å². The molecule has 0 aromatic heterocycles. The van der Waals surface area contributed by atoms with Crippen LogP contribution in [-0.4, -0.2) is 89.4 Å². The van der Waals surface area contributed by atoms with Crippen LogP contribution in [0.15, 0.2) is 77.7 Å². The van der Waals surface area contributed by atoms with Crippen molar-refractivity contribution in [2.75, 3.05) is 52.6 Å². The number of nitrogens with two attached hydrogens (primary N) is 1. The van der Waals surface area contributed by atoms with Gasteiger partial charge in [-0.1, -0.05) is 87.9 Å². The lowest BCUT2D eigenvalue weighted by atomic mass is 9.97. The second-order valence-electron chi connectivity index (χ2n) is 11.6. The molecule has 1 saturated heterocycles. The van der Waals surface area contributed by atoms with Crippen molar-refractivity contribution in [1.82, 2.24) is 19.4 Å². The van der Waals surface area contributed by atoms with Crippen LogP contribution in [0.25, 0.3) is 0 Å². The van der Waals surface area contributed by atoms with Crippen LogP contribution in [0.1, 0.15) is 69.7 Å². The molecule has 0 bridgehead atoms. The molecule has 0 aliphatic carbocycles. The van der Waals surface area contributed by atoms with E-state index in [1.54, 1.807) is 11.2 Å². The van der Waals surface area contributed by atoms with Gasteiger partial charge < -0.3 is 20.9 Å². The fourth-order valence-corrected chi connectivity index (χ4v) is 5.77. The minimum atomic E-state index is -1.93. The predicted molar refractivity (Wildman–Crippen MR) is 207 cm³/mol. The van der Waals surface area contributed by atoms with E-state index in [-0.39, 0.29) is 7.43 Å². The molecule has 1 atom stereocenters. The Morgan fingerprint density at radius 3 is 2.32 bits per heavy atom. The van der Waals surface area contributed by atoms with Crippen molar-refractivity contribution in [1.29, 1.82) is 0 Å². The first-order chi connectivity index (χ1) is 22.1. The number of piperazine rings is 1. The Hall–Kier alpha value is -3.40. The van der Waals surface area contributed by atoms with Gasteiger partial charge in [-0.2, -0.15) is 0 Å². The highest BCUT2D eigenvalue weighted by molar-refractivity contribution is 7.97. The van der Waals surface area contributed by atoms with E-state index in [2.05, 4.69) is 68.1 Å². The van der Waals surface area contributed by atoms with Crippen LogP contribution in [0.3, 0.4) is 0 Å². The van der Waals surface area contributed by atoms with Gasteiger partial charge in [0, 0.05) is 99.6 Å². The van der Waals surface area contributed by atoms with Crippen LogP contribution in [0.4, 0.5) is 0 Å². The zero-order valence-corrected chi connectivity index (χ0v) is 30.1. The van der Waals surface area contributed by atoms with E-state index in [4.69, 9.17) is 5.73 Å². The van der Waals surface area contributed by atoms with Crippen LogP contribution in [-0.2, 0) is 33.9 Å². The number of hydrogen-bond donors (Lipinski definition) is 2. The van der Waals surface area contributed by atoms with Gasteiger partial charge in [0.25, 0.3) is 0 Å². The second-order valence-corrected chi connectivity index (χ2v) is 14.0. The largest absolute Gasteiger partial charge is 0.403 e. The van der Waals surface area contributed by atoms with E-state index in [1.165, 1.54) is 29.3 Å². The highest BCUT2D eigenvalue weighted by Gasteiger charge is 2.13. The molecule has 3 rings (SSSR count). The molecule has 1 amide bonds. The van der Waals surface area contributed by atoms with E-state index in [1.807, 2.05) is 59.0 Å². The summed E-state index contributed by atoms with van der Waals surface area (Å²) in [5.41, 5.74) is 11.9. The Labute approximate surface area is 288 Å². The smallest absolute Gasteiger partial charge is 0.210 e. The maximum atomic E-state index is 11.3. The summed E-state index contributed by atoms with van der Waals surface area (Å²) in [7, 11) is 0.0315. The van der Waals surface area contributed by atoms with Crippen molar-refractivity contribution in [3.8, 4) is 0 Å². The predicted octanol–water partition coefficient (Wildman–Crippen LogP) is 6.06. The summed E-state index contributed by atoms with van der Waals surface area (Å²) in [5, 5.41) is 3.19. The molecule has 264 valence electrons. The molecule has 1 fully saturated rings. The molecule has 1 unspecified atom stereocenters. The molecule has 1 aliphatic rings. The third-order valence-corrected chi connectivity index (χ3v) is 8.78. The molecule has 0 radical (unpaired) electrons. The number of rotatable bonds is 15. The molecule has 0 saturated carbocycles. The van der Waals surface area contributed by atoms with E-state index in [0.29, 0.717) is 6.54 Å². The molecular formula is C38H64N6O2S. The molecule has 0 spiro atoms. The van der Waals surface area contributed by atoms with Gasteiger partial charge in [0.15, 0.2) is 0 Å². The number of nitrogens with one attached hydrogen (secondary N) is 1. The Bertz CT molecular complexity index is 1300. The van der Waals surface area contributed by atoms with Gasteiger partial charge in [-0.25, -0.2) is 4.31 Å². The maximum Gasteiger partial charge on any atom is 0.210 e. The first kappa shape index (κ1) is 43.6. The summed E-state index contributed by atoms with van der Waals surface area (Å²) in [4.78, 5) is 19.3. The minimum Gasteiger partial charge on any atom is -0.403 e. The Kier molecular flexibility index (Phi) is 23.8. The Morgan fingerprint density at radius 2 is 1.79 bits per heavy atom. The molecular weight excluding hydrogens is 605 g/mol. The number of benzene rings is 2. The van der Waals surface area contributed by atoms with Gasteiger partial charge in [0.05, 0.1) is 0 Å². The number of aliphatic imine (C=N–C) groups is 1. The third kappa shape index (κ3) is 19.8. The monoisotopic (exact) mass is 668 g/mol. The summed E-state index contributed by atoms with van der Waals surface area (Å²) < 4.78 is 13.3. The highest BCUT2D eigenvalue weighted by atomic mass is 32.2. The molecule has 1 aliphatic heterocycles. The van der Waals surface area contributed by atoms with Crippen LogP contribution >= 0.6 is 0 Å². The van der Waals surface area contributed by atoms with Crippen molar-refractivity contribution in [2.45, 2.75) is 73.8 Å². The fourth-order valence-electron chi connectivity index (χ4n) is 4.82. The Balaban J connectivity index is 0.000000695. The van der Waals surface area contributed by atoms with Gasteiger partial charge in [-0.05, 0) is 55.7 Å². The molecule has 9 heteroatoms. The minimum absolute atomic E-state index is 0. The van der Waals surface area contributed by atoms with Crippen molar-refractivity contribution < 1.29 is 9.00 Å². The number of allylic oxidation sites excluding steroid dienone is 2. The first-order valence-corrected chi connectivity index (χ1v) is 18.5. The summed E-state index contributed by atoms with van der Waals surface area (Å²) in [6.07, 6.45) is 15.3. The summed E-state index contributed by atoms with van der Waals surface area (Å²) in [6.45, 7) is 14.5. The van der Waals surface area contributed by atoms with Gasteiger partial charge in [-0.15, -0.1) is 0 Å². The van der Waals surface area contributed by atoms with Crippen LogP contribution in [0.5, 0.6) is 0 Å². The van der Waals surface area contributed by atoms with Gasteiger partial charge in [0.2, 0.25) is 6.41 Å². The standard InChI is InChI=1S/C17H25N.C14H21N3O.C6H14N2OS.CH4/c1-5-8-15-12-14(4)9-10-16(15)13-17(7-3)18-11-6-2;1-16(11-8-15)9-5-10-17(13-18)12-14-6-3-2-4-7-14;1-10(2,9)8-5-3-7-4-6-8;/h7,9-12H,5-6,8,13H2,1-4H3;2-4,6-8,11,13H,5,9-10,12,15H2,1H3;7H,1,3-6H2,2H3;1H4/b17-7-,18-11?;11-8-;;. The lowest BCUT2D eigenvalue weighted by molar-refractivity contribution is -0.118. The lowest BCUT2D eigenvalue weighted by Crippen LogP contribution is -2.45. The normalized spacial score (nSPS) is 14.6.